The summed E-state index contributed by atoms with van der Waals surface area (Å²) in [5.41, 5.74) is 8.91. The van der Waals surface area contributed by atoms with Crippen LogP contribution in [-0.4, -0.2) is 65.7 Å². The summed E-state index contributed by atoms with van der Waals surface area (Å²) in [5.74, 6) is 0.212. The van der Waals surface area contributed by atoms with Crippen molar-refractivity contribution in [3.05, 3.63) is 92.5 Å². The second-order valence-corrected chi connectivity index (χ2v) is 12.5. The summed E-state index contributed by atoms with van der Waals surface area (Å²) in [4.78, 5) is 17.8. The fraction of sp³-hybridized carbons (Fsp3) is 0.438. The molecule has 0 aliphatic carbocycles. The maximum absolute atomic E-state index is 13.3. The average Bonchev–Trinajstić information content (AvgIpc) is 3.49. The minimum atomic E-state index is 0.212. The molecule has 9 heteroatoms. The molecule has 1 aliphatic heterocycles. The van der Waals surface area contributed by atoms with Crippen molar-refractivity contribution in [1.29, 1.82) is 0 Å². The van der Waals surface area contributed by atoms with Gasteiger partial charge in [-0.15, -0.1) is 5.10 Å². The summed E-state index contributed by atoms with van der Waals surface area (Å²) in [7, 11) is 0. The molecule has 41 heavy (non-hydrogen) atoms. The van der Waals surface area contributed by atoms with Crippen LogP contribution in [0.4, 0.5) is 0 Å². The predicted octanol–water partition coefficient (Wildman–Crippen LogP) is 5.56. The fourth-order valence-electron chi connectivity index (χ4n) is 5.91. The van der Waals surface area contributed by atoms with Gasteiger partial charge < -0.3 is 4.90 Å². The molecule has 0 radical (unpaired) electrons. The van der Waals surface area contributed by atoms with Crippen molar-refractivity contribution >= 4 is 21.8 Å². The Hall–Kier alpha value is -3.30. The first kappa shape index (κ1) is 29.2. The summed E-state index contributed by atoms with van der Waals surface area (Å²) in [5, 5.41) is 13.6. The largest absolute Gasteiger partial charge is 0.340 e. The number of amides is 1. The van der Waals surface area contributed by atoms with Crippen LogP contribution < -0.4 is 0 Å². The molecule has 0 N–H and O–H groups in total. The SMILES string of the molecule is Cc1ccc(Cn2nc(C)c(CCC(=O)N3C[C@@H](C)N(Cc4cn(-c5cc(C)cc(Br)c5)nn4)[C@@H](C)C3)c2C)cc1. The van der Waals surface area contributed by atoms with E-state index in [-0.39, 0.29) is 18.0 Å². The maximum Gasteiger partial charge on any atom is 0.223 e. The topological polar surface area (TPSA) is 72.1 Å². The highest BCUT2D eigenvalue weighted by molar-refractivity contribution is 9.10. The van der Waals surface area contributed by atoms with E-state index in [2.05, 4.69) is 114 Å². The number of hydrogen-bond acceptors (Lipinski definition) is 5. The molecule has 2 atom stereocenters. The number of aryl methyl sites for hydroxylation is 3. The van der Waals surface area contributed by atoms with E-state index >= 15 is 0 Å². The molecule has 5 rings (SSSR count). The van der Waals surface area contributed by atoms with Gasteiger partial charge in [0, 0.05) is 48.3 Å². The number of hydrogen-bond donors (Lipinski definition) is 0. The lowest BCUT2D eigenvalue weighted by molar-refractivity contribution is -0.135. The molecule has 1 fully saturated rings. The van der Waals surface area contributed by atoms with Crippen molar-refractivity contribution < 1.29 is 4.79 Å². The summed E-state index contributed by atoms with van der Waals surface area (Å²) >= 11 is 3.57. The molecule has 1 aliphatic rings. The van der Waals surface area contributed by atoms with Gasteiger partial charge in [0.2, 0.25) is 5.91 Å². The highest BCUT2D eigenvalue weighted by Gasteiger charge is 2.32. The Morgan fingerprint density at radius 3 is 2.34 bits per heavy atom. The highest BCUT2D eigenvalue weighted by Crippen LogP contribution is 2.23. The molecule has 2 aromatic heterocycles. The quantitative estimate of drug-likeness (QED) is 0.259. The molecule has 0 spiro atoms. The molecule has 0 saturated carbocycles. The lowest BCUT2D eigenvalue weighted by atomic mass is 10.0. The Morgan fingerprint density at radius 1 is 0.951 bits per heavy atom. The summed E-state index contributed by atoms with van der Waals surface area (Å²) < 4.78 is 4.92. The van der Waals surface area contributed by atoms with Gasteiger partial charge in [-0.05, 0) is 82.9 Å². The lowest BCUT2D eigenvalue weighted by Crippen LogP contribution is -2.57. The first-order valence-corrected chi connectivity index (χ1v) is 15.2. The van der Waals surface area contributed by atoms with Crippen LogP contribution in [-0.2, 0) is 24.3 Å². The molecule has 8 nitrogen and oxygen atoms in total. The van der Waals surface area contributed by atoms with Crippen LogP contribution in [0.15, 0.2) is 53.1 Å². The van der Waals surface area contributed by atoms with E-state index in [1.54, 1.807) is 0 Å². The van der Waals surface area contributed by atoms with Gasteiger partial charge in [-0.2, -0.15) is 5.10 Å². The van der Waals surface area contributed by atoms with E-state index in [0.29, 0.717) is 32.5 Å². The first-order valence-electron chi connectivity index (χ1n) is 14.4. The number of nitrogens with zero attached hydrogens (tertiary/aromatic N) is 7. The van der Waals surface area contributed by atoms with Gasteiger partial charge >= 0.3 is 0 Å². The molecule has 0 bridgehead atoms. The number of aromatic nitrogens is 5. The van der Waals surface area contributed by atoms with Crippen molar-refractivity contribution in [2.24, 2.45) is 0 Å². The van der Waals surface area contributed by atoms with E-state index in [1.807, 2.05) is 21.8 Å². The van der Waals surface area contributed by atoms with Crippen LogP contribution in [0.5, 0.6) is 0 Å². The third-order valence-corrected chi connectivity index (χ3v) is 8.66. The second kappa shape index (κ2) is 12.3. The van der Waals surface area contributed by atoms with Crippen molar-refractivity contribution in [2.45, 2.75) is 79.6 Å². The average molecular weight is 619 g/mol. The number of halogens is 1. The van der Waals surface area contributed by atoms with Gasteiger partial charge in [-0.25, -0.2) is 4.68 Å². The molecule has 0 unspecified atom stereocenters. The Bertz CT molecular complexity index is 1490. The monoisotopic (exact) mass is 617 g/mol. The molecule has 2 aromatic carbocycles. The van der Waals surface area contributed by atoms with Gasteiger partial charge in [0.15, 0.2) is 0 Å². The lowest BCUT2D eigenvalue weighted by Gasteiger charge is -2.44. The van der Waals surface area contributed by atoms with Crippen LogP contribution in [0.3, 0.4) is 0 Å². The van der Waals surface area contributed by atoms with E-state index < -0.39 is 0 Å². The van der Waals surface area contributed by atoms with Gasteiger partial charge in [-0.3, -0.25) is 14.4 Å². The summed E-state index contributed by atoms with van der Waals surface area (Å²) in [6.45, 7) is 15.6. The summed E-state index contributed by atoms with van der Waals surface area (Å²) in [6, 6.07) is 15.2. The molecule has 1 saturated heterocycles. The normalized spacial score (nSPS) is 17.8. The second-order valence-electron chi connectivity index (χ2n) is 11.6. The van der Waals surface area contributed by atoms with Gasteiger partial charge in [0.1, 0.15) is 0 Å². The van der Waals surface area contributed by atoms with Gasteiger partial charge in [0.25, 0.3) is 0 Å². The number of carbonyl (C=O) groups is 1. The van der Waals surface area contributed by atoms with Crippen molar-refractivity contribution in [2.75, 3.05) is 13.1 Å². The molecular formula is C32H40BrN7O. The van der Waals surface area contributed by atoms with E-state index in [9.17, 15) is 4.79 Å². The van der Waals surface area contributed by atoms with Crippen LogP contribution in [0.2, 0.25) is 0 Å². The van der Waals surface area contributed by atoms with E-state index in [4.69, 9.17) is 5.10 Å². The number of rotatable bonds is 8. The smallest absolute Gasteiger partial charge is 0.223 e. The minimum absolute atomic E-state index is 0.212. The molecule has 1 amide bonds. The van der Waals surface area contributed by atoms with Crippen molar-refractivity contribution in [1.82, 2.24) is 34.6 Å². The number of benzene rings is 2. The first-order chi connectivity index (χ1) is 19.6. The van der Waals surface area contributed by atoms with Crippen LogP contribution in [0.25, 0.3) is 5.69 Å². The maximum atomic E-state index is 13.3. The Morgan fingerprint density at radius 2 is 1.66 bits per heavy atom. The van der Waals surface area contributed by atoms with E-state index in [0.717, 1.165) is 39.4 Å². The fourth-order valence-corrected chi connectivity index (χ4v) is 6.51. The third kappa shape index (κ3) is 6.79. The van der Waals surface area contributed by atoms with E-state index in [1.165, 1.54) is 16.7 Å². The molecule has 3 heterocycles. The van der Waals surface area contributed by atoms with Crippen LogP contribution >= 0.6 is 15.9 Å². The zero-order valence-corrected chi connectivity index (χ0v) is 26.5. The highest BCUT2D eigenvalue weighted by atomic mass is 79.9. The Kier molecular flexibility index (Phi) is 8.75. The Balaban J connectivity index is 1.17. The van der Waals surface area contributed by atoms with Crippen LogP contribution in [0, 0.1) is 27.7 Å². The predicted molar refractivity (Wildman–Crippen MR) is 165 cm³/mol. The zero-order chi connectivity index (χ0) is 29.3. The molecule has 216 valence electrons. The van der Waals surface area contributed by atoms with Gasteiger partial charge in [-0.1, -0.05) is 51.0 Å². The Labute approximate surface area is 251 Å². The number of piperazine rings is 1. The number of carbonyl (C=O) groups excluding carboxylic acids is 1. The van der Waals surface area contributed by atoms with Gasteiger partial charge in [0.05, 0.1) is 29.8 Å². The molecule has 4 aromatic rings. The third-order valence-electron chi connectivity index (χ3n) is 8.20. The van der Waals surface area contributed by atoms with Crippen molar-refractivity contribution in [3.8, 4) is 5.69 Å². The van der Waals surface area contributed by atoms with Crippen molar-refractivity contribution in [3.63, 3.8) is 0 Å². The summed E-state index contributed by atoms with van der Waals surface area (Å²) in [6.07, 6.45) is 3.21. The minimum Gasteiger partial charge on any atom is -0.340 e. The zero-order valence-electron chi connectivity index (χ0n) is 24.9. The van der Waals surface area contributed by atoms with Crippen LogP contribution in [0.1, 0.15) is 59.6 Å². The molecular weight excluding hydrogens is 578 g/mol. The standard InChI is InChI=1S/C32H40BrN7O/c1-21-7-9-27(10-8-21)18-39-26(6)31(25(5)35-39)11-12-32(41)37-16-23(3)38(24(4)17-37)19-29-20-40(36-34-29)30-14-22(2)13-28(33)15-30/h7-10,13-15,20,23-24H,11-12,16-19H2,1-6H3/t23-,24+.